The van der Waals surface area contributed by atoms with E-state index in [1.54, 1.807) is 25.1 Å². The summed E-state index contributed by atoms with van der Waals surface area (Å²) in [6.07, 6.45) is -1.45. The fraction of sp³-hybridized carbons (Fsp3) is 0.316. The van der Waals surface area contributed by atoms with Crippen LogP contribution in [0.4, 0.5) is 4.39 Å². The molecule has 0 aliphatic carbocycles. The molecule has 2 aromatic rings. The predicted molar refractivity (Wildman–Crippen MR) is 97.8 cm³/mol. The fourth-order valence-corrected chi connectivity index (χ4v) is 2.80. The normalized spacial score (nSPS) is 14.4. The van der Waals surface area contributed by atoms with E-state index in [0.29, 0.717) is 12.2 Å². The SMILES string of the molecule is CCC(NC(=O)C(C)Oc1ccccc1Br)C(O)c1ccccc1F. The average Bonchev–Trinajstić information content (AvgIpc) is 2.61. The lowest BCUT2D eigenvalue weighted by atomic mass is 9.99. The minimum Gasteiger partial charge on any atom is -0.480 e. The van der Waals surface area contributed by atoms with E-state index in [4.69, 9.17) is 4.74 Å². The second kappa shape index (κ2) is 8.97. The Morgan fingerprint density at radius 3 is 2.52 bits per heavy atom. The highest BCUT2D eigenvalue weighted by Gasteiger charge is 2.26. The zero-order valence-corrected chi connectivity index (χ0v) is 15.7. The number of carbonyl (C=O) groups excluding carboxylic acids is 1. The van der Waals surface area contributed by atoms with Gasteiger partial charge >= 0.3 is 0 Å². The number of ether oxygens (including phenoxy) is 1. The minimum absolute atomic E-state index is 0.161. The van der Waals surface area contributed by atoms with Crippen LogP contribution < -0.4 is 10.1 Å². The first-order valence-corrected chi connectivity index (χ1v) is 8.87. The molecule has 0 heterocycles. The molecule has 3 atom stereocenters. The molecule has 134 valence electrons. The molecule has 0 spiro atoms. The summed E-state index contributed by atoms with van der Waals surface area (Å²) in [5.41, 5.74) is 0.161. The van der Waals surface area contributed by atoms with Crippen molar-refractivity contribution in [2.45, 2.75) is 38.5 Å². The summed E-state index contributed by atoms with van der Waals surface area (Å²) in [4.78, 5) is 12.4. The predicted octanol–water partition coefficient (Wildman–Crippen LogP) is 3.98. The molecule has 0 radical (unpaired) electrons. The lowest BCUT2D eigenvalue weighted by Crippen LogP contribution is -2.45. The molecular weight excluding hydrogens is 389 g/mol. The van der Waals surface area contributed by atoms with Crippen molar-refractivity contribution in [1.82, 2.24) is 5.32 Å². The van der Waals surface area contributed by atoms with Crippen LogP contribution in [-0.2, 0) is 4.79 Å². The third kappa shape index (κ3) is 5.03. The van der Waals surface area contributed by atoms with Crippen molar-refractivity contribution in [2.24, 2.45) is 0 Å². The fourth-order valence-electron chi connectivity index (χ4n) is 2.42. The van der Waals surface area contributed by atoms with Crippen LogP contribution in [0.25, 0.3) is 0 Å². The van der Waals surface area contributed by atoms with Gasteiger partial charge in [-0.1, -0.05) is 37.3 Å². The van der Waals surface area contributed by atoms with Gasteiger partial charge < -0.3 is 15.2 Å². The Kier molecular flexibility index (Phi) is 6.96. The Bertz CT molecular complexity index is 725. The first-order chi connectivity index (χ1) is 11.9. The Morgan fingerprint density at radius 1 is 1.24 bits per heavy atom. The highest BCUT2D eigenvalue weighted by Crippen LogP contribution is 2.25. The number of rotatable bonds is 7. The van der Waals surface area contributed by atoms with E-state index in [1.807, 2.05) is 25.1 Å². The molecule has 2 N–H and O–H groups in total. The molecule has 0 aliphatic heterocycles. The van der Waals surface area contributed by atoms with Gasteiger partial charge in [0.15, 0.2) is 6.10 Å². The van der Waals surface area contributed by atoms with Gasteiger partial charge in [-0.25, -0.2) is 4.39 Å². The van der Waals surface area contributed by atoms with Crippen LogP contribution >= 0.6 is 15.9 Å². The van der Waals surface area contributed by atoms with Crippen molar-refractivity contribution in [2.75, 3.05) is 0 Å². The van der Waals surface area contributed by atoms with Gasteiger partial charge in [0.05, 0.1) is 10.5 Å². The maximum atomic E-state index is 13.9. The van der Waals surface area contributed by atoms with Crippen molar-refractivity contribution >= 4 is 21.8 Å². The molecule has 2 rings (SSSR count). The Hall–Kier alpha value is -1.92. The van der Waals surface area contributed by atoms with Crippen molar-refractivity contribution in [3.8, 4) is 5.75 Å². The van der Waals surface area contributed by atoms with E-state index in [2.05, 4.69) is 21.2 Å². The largest absolute Gasteiger partial charge is 0.480 e. The van der Waals surface area contributed by atoms with Crippen molar-refractivity contribution in [1.29, 1.82) is 0 Å². The molecule has 25 heavy (non-hydrogen) atoms. The maximum absolute atomic E-state index is 13.9. The van der Waals surface area contributed by atoms with E-state index in [0.717, 1.165) is 4.47 Å². The molecule has 6 heteroatoms. The number of benzene rings is 2. The summed E-state index contributed by atoms with van der Waals surface area (Å²) in [6.45, 7) is 3.44. The maximum Gasteiger partial charge on any atom is 0.261 e. The van der Waals surface area contributed by atoms with Gasteiger partial charge in [0.2, 0.25) is 0 Å². The third-order valence-corrected chi connectivity index (χ3v) is 4.54. The van der Waals surface area contributed by atoms with Crippen LogP contribution in [0.2, 0.25) is 0 Å². The molecule has 0 saturated carbocycles. The number of aliphatic hydroxyl groups is 1. The van der Waals surface area contributed by atoms with Gasteiger partial charge in [0.25, 0.3) is 5.91 Å². The van der Waals surface area contributed by atoms with Crippen LogP contribution in [0.5, 0.6) is 5.75 Å². The topological polar surface area (TPSA) is 58.6 Å². The third-order valence-electron chi connectivity index (χ3n) is 3.88. The van der Waals surface area contributed by atoms with Crippen LogP contribution in [0, 0.1) is 5.82 Å². The molecule has 0 aromatic heterocycles. The number of halogens is 2. The van der Waals surface area contributed by atoms with Crippen LogP contribution in [0.3, 0.4) is 0 Å². The lowest BCUT2D eigenvalue weighted by molar-refractivity contribution is -0.129. The van der Waals surface area contributed by atoms with Crippen LogP contribution in [0.15, 0.2) is 53.0 Å². The molecule has 3 unspecified atom stereocenters. The molecule has 4 nitrogen and oxygen atoms in total. The average molecular weight is 410 g/mol. The van der Waals surface area contributed by atoms with Gasteiger partial charge in [0.1, 0.15) is 17.7 Å². The summed E-state index contributed by atoms with van der Waals surface area (Å²) in [7, 11) is 0. The number of aliphatic hydroxyl groups excluding tert-OH is 1. The molecule has 0 aliphatic rings. The van der Waals surface area contributed by atoms with E-state index in [1.165, 1.54) is 12.1 Å². The van der Waals surface area contributed by atoms with Gasteiger partial charge in [-0.15, -0.1) is 0 Å². The molecule has 0 bridgehead atoms. The van der Waals surface area contributed by atoms with Gasteiger partial charge in [-0.2, -0.15) is 0 Å². The lowest BCUT2D eigenvalue weighted by Gasteiger charge is -2.25. The summed E-state index contributed by atoms with van der Waals surface area (Å²) in [5, 5.41) is 13.2. The second-order valence-corrected chi connectivity index (χ2v) is 6.53. The summed E-state index contributed by atoms with van der Waals surface area (Å²) in [6, 6.07) is 12.6. The quantitative estimate of drug-likeness (QED) is 0.726. The molecule has 0 saturated heterocycles. The van der Waals surface area contributed by atoms with E-state index >= 15 is 0 Å². The van der Waals surface area contributed by atoms with Gasteiger partial charge in [-0.05, 0) is 47.5 Å². The van der Waals surface area contributed by atoms with Gasteiger partial charge in [-0.3, -0.25) is 4.79 Å². The number of carbonyl (C=O) groups is 1. The van der Waals surface area contributed by atoms with Gasteiger partial charge in [0, 0.05) is 5.56 Å². The molecule has 2 aromatic carbocycles. The molecule has 1 amide bonds. The Morgan fingerprint density at radius 2 is 1.88 bits per heavy atom. The standard InChI is InChI=1S/C19H21BrFNO3/c1-3-16(18(23)13-8-4-6-10-15(13)21)22-19(24)12(2)25-17-11-7-5-9-14(17)20/h4-12,16,18,23H,3H2,1-2H3,(H,22,24). The number of nitrogens with one attached hydrogen (secondary N) is 1. The highest BCUT2D eigenvalue weighted by molar-refractivity contribution is 9.10. The smallest absolute Gasteiger partial charge is 0.261 e. The monoisotopic (exact) mass is 409 g/mol. The van der Waals surface area contributed by atoms with Crippen molar-refractivity contribution in [3.63, 3.8) is 0 Å². The number of amides is 1. The van der Waals surface area contributed by atoms with Crippen LogP contribution in [0.1, 0.15) is 31.9 Å². The number of hydrogen-bond donors (Lipinski definition) is 2. The second-order valence-electron chi connectivity index (χ2n) is 5.68. The zero-order valence-electron chi connectivity index (χ0n) is 14.1. The highest BCUT2D eigenvalue weighted by atomic mass is 79.9. The van der Waals surface area contributed by atoms with Crippen molar-refractivity contribution < 1.29 is 19.0 Å². The number of hydrogen-bond acceptors (Lipinski definition) is 3. The van der Waals surface area contributed by atoms with Crippen LogP contribution in [-0.4, -0.2) is 23.2 Å². The number of para-hydroxylation sites is 1. The summed E-state index contributed by atoms with van der Waals surface area (Å²) < 4.78 is 20.3. The molecular formula is C19H21BrFNO3. The zero-order chi connectivity index (χ0) is 18.4. The van der Waals surface area contributed by atoms with E-state index in [-0.39, 0.29) is 11.5 Å². The molecule has 0 fully saturated rings. The minimum atomic E-state index is -1.13. The first kappa shape index (κ1) is 19.4. The van der Waals surface area contributed by atoms with Crippen molar-refractivity contribution in [3.05, 3.63) is 64.4 Å². The summed E-state index contributed by atoms with van der Waals surface area (Å²) in [5.74, 6) is -0.328. The Labute approximate surface area is 155 Å². The summed E-state index contributed by atoms with van der Waals surface area (Å²) >= 11 is 3.36. The van der Waals surface area contributed by atoms with E-state index < -0.39 is 24.1 Å². The Balaban J connectivity index is 2.04. The first-order valence-electron chi connectivity index (χ1n) is 8.08. The van der Waals surface area contributed by atoms with E-state index in [9.17, 15) is 14.3 Å².